The summed E-state index contributed by atoms with van der Waals surface area (Å²) in [5, 5.41) is 6.61. The van der Waals surface area contributed by atoms with Crippen molar-refractivity contribution in [3.05, 3.63) is 90.3 Å². The number of nitrogens with one attached hydrogen (secondary N) is 2. The molecule has 0 spiro atoms. The number of likely N-dealkylation sites (tertiary alicyclic amines) is 1. The van der Waals surface area contributed by atoms with E-state index in [4.69, 9.17) is 5.73 Å². The van der Waals surface area contributed by atoms with Crippen LogP contribution in [0.25, 0.3) is 0 Å². The molecule has 0 saturated carbocycles. The highest BCUT2D eigenvalue weighted by atomic mass is 16.1. The maximum atomic E-state index is 13.0. The fourth-order valence-electron chi connectivity index (χ4n) is 4.45. The summed E-state index contributed by atoms with van der Waals surface area (Å²) in [6.07, 6.45) is 9.29. The van der Waals surface area contributed by atoms with E-state index in [9.17, 15) is 4.79 Å². The van der Waals surface area contributed by atoms with E-state index in [-0.39, 0.29) is 11.9 Å². The van der Waals surface area contributed by atoms with Crippen LogP contribution in [-0.2, 0) is 6.54 Å². The summed E-state index contributed by atoms with van der Waals surface area (Å²) >= 11 is 0. The first-order chi connectivity index (χ1) is 17.7. The van der Waals surface area contributed by atoms with Gasteiger partial charge in [-0.25, -0.2) is 9.98 Å². The first-order valence-electron chi connectivity index (χ1n) is 12.3. The predicted octanol–water partition coefficient (Wildman–Crippen LogP) is 4.36. The van der Waals surface area contributed by atoms with Gasteiger partial charge in [-0.1, -0.05) is 24.3 Å². The molecule has 0 atom stereocenters. The van der Waals surface area contributed by atoms with Crippen molar-refractivity contribution in [2.24, 2.45) is 10.7 Å². The van der Waals surface area contributed by atoms with E-state index < -0.39 is 0 Å². The van der Waals surface area contributed by atoms with Crippen LogP contribution in [0.1, 0.15) is 28.8 Å². The number of aromatic nitrogens is 1. The highest BCUT2D eigenvalue weighted by Gasteiger charge is 2.21. The van der Waals surface area contributed by atoms with Crippen molar-refractivity contribution in [1.82, 2.24) is 9.88 Å². The number of nitrogens with zero attached hydrogens (tertiary/aromatic N) is 4. The van der Waals surface area contributed by atoms with Crippen LogP contribution in [0.2, 0.25) is 0 Å². The lowest BCUT2D eigenvalue weighted by atomic mass is 10.0. The molecule has 1 fully saturated rings. The Kier molecular flexibility index (Phi) is 7.35. The molecule has 3 heterocycles. The van der Waals surface area contributed by atoms with E-state index >= 15 is 0 Å². The Hall–Kier alpha value is -4.01. The smallest absolute Gasteiger partial charge is 0.255 e. The monoisotopic (exact) mass is 481 g/mol. The van der Waals surface area contributed by atoms with Crippen molar-refractivity contribution in [2.75, 3.05) is 35.2 Å². The number of amides is 1. The quantitative estimate of drug-likeness (QED) is 0.464. The molecule has 8 heteroatoms. The van der Waals surface area contributed by atoms with Crippen LogP contribution in [0.15, 0.2) is 84.1 Å². The minimum atomic E-state index is -0.144. The van der Waals surface area contributed by atoms with Gasteiger partial charge in [0.15, 0.2) is 0 Å². The van der Waals surface area contributed by atoms with Gasteiger partial charge in [0, 0.05) is 54.0 Å². The van der Waals surface area contributed by atoms with Gasteiger partial charge in [0.25, 0.3) is 5.91 Å². The van der Waals surface area contributed by atoms with Crippen LogP contribution in [0.3, 0.4) is 0 Å². The molecule has 8 nitrogen and oxygen atoms in total. The Balaban J connectivity index is 1.43. The molecule has 0 unspecified atom stereocenters. The largest absolute Gasteiger partial charge is 0.340 e. The fourth-order valence-corrected chi connectivity index (χ4v) is 4.45. The maximum Gasteiger partial charge on any atom is 0.255 e. The third-order valence-corrected chi connectivity index (χ3v) is 6.49. The normalized spacial score (nSPS) is 16.2. The van der Waals surface area contributed by atoms with Gasteiger partial charge in [-0.05, 0) is 68.4 Å². The highest BCUT2D eigenvalue weighted by Crippen LogP contribution is 2.30. The van der Waals surface area contributed by atoms with Gasteiger partial charge in [-0.15, -0.1) is 0 Å². The third kappa shape index (κ3) is 5.79. The second-order valence-electron chi connectivity index (χ2n) is 9.10. The topological polar surface area (TPSA) is 98.9 Å². The number of pyridine rings is 1. The first-order valence-corrected chi connectivity index (χ1v) is 12.3. The molecule has 1 amide bonds. The molecule has 1 aromatic heterocycles. The standard InChI is InChI=1S/C28H31N7O/c29-22-11-16-34(17-12-22)19-25-26(33-28(36)21-6-2-1-3-7-21)10-14-31-27(25)32-23-8-4-9-24(18-23)35-15-5-13-30-20-35/h1-10,13-14,18,20,22H,11-12,15-17,19,29H2,(H2,31,32,33,36). The van der Waals surface area contributed by atoms with Crippen molar-refractivity contribution in [3.63, 3.8) is 0 Å². The zero-order chi connectivity index (χ0) is 24.7. The summed E-state index contributed by atoms with van der Waals surface area (Å²) in [5.74, 6) is 0.578. The van der Waals surface area contributed by atoms with Crippen LogP contribution in [0.5, 0.6) is 0 Å². The Morgan fingerprint density at radius 1 is 1.06 bits per heavy atom. The molecular formula is C28H31N7O. The van der Waals surface area contributed by atoms with Crippen LogP contribution in [0.4, 0.5) is 22.9 Å². The third-order valence-electron chi connectivity index (χ3n) is 6.49. The molecule has 5 rings (SSSR count). The number of carbonyl (C=O) groups is 1. The van der Waals surface area contributed by atoms with E-state index in [1.807, 2.05) is 60.9 Å². The van der Waals surface area contributed by atoms with Gasteiger partial charge in [-0.2, -0.15) is 0 Å². The molecule has 2 aliphatic rings. The molecule has 3 aromatic rings. The number of carbonyl (C=O) groups excluding carboxylic acids is 1. The number of rotatable bonds is 7. The van der Waals surface area contributed by atoms with E-state index in [1.165, 1.54) is 0 Å². The summed E-state index contributed by atoms with van der Waals surface area (Å²) in [5.41, 5.74) is 10.4. The molecular weight excluding hydrogens is 450 g/mol. The van der Waals surface area contributed by atoms with Gasteiger partial charge in [-0.3, -0.25) is 9.69 Å². The van der Waals surface area contributed by atoms with Crippen molar-refractivity contribution in [2.45, 2.75) is 25.4 Å². The number of piperidine rings is 1. The molecule has 0 radical (unpaired) electrons. The summed E-state index contributed by atoms with van der Waals surface area (Å²) < 4.78 is 0. The average Bonchev–Trinajstić information content (AvgIpc) is 2.93. The molecule has 2 aliphatic heterocycles. The molecule has 2 aromatic carbocycles. The summed E-state index contributed by atoms with van der Waals surface area (Å²) in [7, 11) is 0. The van der Waals surface area contributed by atoms with E-state index in [0.29, 0.717) is 12.1 Å². The summed E-state index contributed by atoms with van der Waals surface area (Å²) in [6.45, 7) is 3.27. The zero-order valence-corrected chi connectivity index (χ0v) is 20.2. The maximum absolute atomic E-state index is 13.0. The van der Waals surface area contributed by atoms with Crippen LogP contribution >= 0.6 is 0 Å². The van der Waals surface area contributed by atoms with Gasteiger partial charge in [0.2, 0.25) is 0 Å². The van der Waals surface area contributed by atoms with E-state index in [0.717, 1.165) is 60.9 Å². The summed E-state index contributed by atoms with van der Waals surface area (Å²) in [6, 6.07) is 19.5. The number of nitrogens with two attached hydrogens (primary N) is 1. The number of benzene rings is 2. The van der Waals surface area contributed by atoms with Gasteiger partial charge in [0.1, 0.15) is 5.82 Å². The predicted molar refractivity (Wildman–Crippen MR) is 146 cm³/mol. The zero-order valence-electron chi connectivity index (χ0n) is 20.2. The van der Waals surface area contributed by atoms with Crippen LogP contribution in [0, 0.1) is 0 Å². The van der Waals surface area contributed by atoms with E-state index in [2.05, 4.69) is 42.5 Å². The molecule has 4 N–H and O–H groups in total. The van der Waals surface area contributed by atoms with Crippen LogP contribution in [-0.4, -0.2) is 47.8 Å². The molecule has 0 bridgehead atoms. The Morgan fingerprint density at radius 3 is 2.67 bits per heavy atom. The second-order valence-corrected chi connectivity index (χ2v) is 9.10. The second kappa shape index (κ2) is 11.2. The lowest BCUT2D eigenvalue weighted by Gasteiger charge is -2.31. The molecule has 0 aliphatic carbocycles. The number of anilines is 4. The Bertz CT molecular complexity index is 1250. The Labute approximate surface area is 211 Å². The first kappa shape index (κ1) is 23.7. The van der Waals surface area contributed by atoms with Crippen molar-refractivity contribution in [1.29, 1.82) is 0 Å². The SMILES string of the molecule is NC1CCN(Cc2c(NC(=O)c3ccccc3)ccnc2Nc2cccc(N3C=NC=CC3)c2)CC1. The highest BCUT2D eigenvalue weighted by molar-refractivity contribution is 6.05. The van der Waals surface area contributed by atoms with Crippen molar-refractivity contribution in [3.8, 4) is 0 Å². The molecule has 36 heavy (non-hydrogen) atoms. The summed E-state index contributed by atoms with van der Waals surface area (Å²) in [4.78, 5) is 26.3. The Morgan fingerprint density at radius 2 is 1.89 bits per heavy atom. The van der Waals surface area contributed by atoms with Gasteiger partial charge < -0.3 is 21.3 Å². The molecule has 1 saturated heterocycles. The minimum Gasteiger partial charge on any atom is -0.340 e. The minimum absolute atomic E-state index is 0.144. The average molecular weight is 482 g/mol. The van der Waals surface area contributed by atoms with Crippen LogP contribution < -0.4 is 21.3 Å². The number of aliphatic imine (C=N–C) groups is 1. The molecule has 184 valence electrons. The number of hydrogen-bond donors (Lipinski definition) is 3. The lowest BCUT2D eigenvalue weighted by Crippen LogP contribution is -2.39. The lowest BCUT2D eigenvalue weighted by molar-refractivity contribution is 0.102. The van der Waals surface area contributed by atoms with Crippen molar-refractivity contribution >= 4 is 35.1 Å². The van der Waals surface area contributed by atoms with Crippen molar-refractivity contribution < 1.29 is 4.79 Å². The van der Waals surface area contributed by atoms with Gasteiger partial charge >= 0.3 is 0 Å². The van der Waals surface area contributed by atoms with E-state index in [1.54, 1.807) is 12.4 Å². The number of hydrogen-bond acceptors (Lipinski definition) is 7. The fraction of sp³-hybridized carbons (Fsp3) is 0.250. The van der Waals surface area contributed by atoms with Gasteiger partial charge in [0.05, 0.1) is 12.0 Å².